The fourth-order valence-electron chi connectivity index (χ4n) is 5.37. The van der Waals surface area contributed by atoms with Crippen molar-refractivity contribution in [3.63, 3.8) is 0 Å². The Morgan fingerprint density at radius 2 is 1.68 bits per heavy atom. The quantitative estimate of drug-likeness (QED) is 0.791. The second-order valence-electron chi connectivity index (χ2n) is 8.21. The number of likely N-dealkylation sites (tertiary alicyclic amines) is 1. The van der Waals surface area contributed by atoms with E-state index in [1.165, 1.54) is 5.56 Å². The first-order valence-electron chi connectivity index (χ1n) is 10.3. The Bertz CT molecular complexity index is 911. The first kappa shape index (κ1) is 17.6. The molecule has 3 aliphatic rings. The predicted octanol–water partition coefficient (Wildman–Crippen LogP) is 4.54. The molecule has 2 heterocycles. The number of carbonyl (C=O) groups excluding carboxylic acids is 1. The molecule has 0 N–H and O–H groups in total. The van der Waals surface area contributed by atoms with Crippen LogP contribution in [0.3, 0.4) is 0 Å². The number of fused-ring (bicyclic) bond motifs is 1. The van der Waals surface area contributed by atoms with Gasteiger partial charge in [-0.15, -0.1) is 0 Å². The van der Waals surface area contributed by atoms with E-state index in [1.54, 1.807) is 0 Å². The summed E-state index contributed by atoms with van der Waals surface area (Å²) in [5, 5.41) is 0. The van der Waals surface area contributed by atoms with Gasteiger partial charge in [-0.1, -0.05) is 67.6 Å². The van der Waals surface area contributed by atoms with Crippen LogP contribution in [0.2, 0.25) is 0 Å². The minimum Gasteiger partial charge on any atom is -0.321 e. The number of hydrogen-bond acceptors (Lipinski definition) is 3. The largest absolute Gasteiger partial charge is 0.321 e. The lowest BCUT2D eigenvalue weighted by Gasteiger charge is -2.37. The molecule has 0 radical (unpaired) electrons. The minimum absolute atomic E-state index is 0.0209. The van der Waals surface area contributed by atoms with Crippen LogP contribution < -0.4 is 0 Å². The summed E-state index contributed by atoms with van der Waals surface area (Å²) in [7, 11) is 0. The summed E-state index contributed by atoms with van der Waals surface area (Å²) < 4.78 is 6.62. The third-order valence-corrected chi connectivity index (χ3v) is 6.86. The van der Waals surface area contributed by atoms with Crippen molar-refractivity contribution in [3.8, 4) is 0 Å². The van der Waals surface area contributed by atoms with Crippen LogP contribution in [-0.2, 0) is 9.53 Å². The van der Waals surface area contributed by atoms with Gasteiger partial charge >= 0.3 is 0 Å². The number of nitrogens with zero attached hydrogens (tertiary/aromatic N) is 2. The molecule has 1 saturated heterocycles. The molecule has 2 bridgehead atoms. The Hall–Kier alpha value is -2.46. The summed E-state index contributed by atoms with van der Waals surface area (Å²) in [6, 6.07) is 20.7. The van der Waals surface area contributed by atoms with Crippen LogP contribution in [0.1, 0.15) is 50.0 Å². The molecule has 144 valence electrons. The molecule has 1 spiro atoms. The lowest BCUT2D eigenvalue weighted by Crippen LogP contribution is -2.52. The second-order valence-corrected chi connectivity index (χ2v) is 8.21. The smallest absolute Gasteiger partial charge is 0.228 e. The zero-order valence-electron chi connectivity index (χ0n) is 16.4. The molecule has 1 aliphatic carbocycles. The lowest BCUT2D eigenvalue weighted by molar-refractivity contribution is -0.148. The van der Waals surface area contributed by atoms with Crippen LogP contribution >= 0.6 is 0 Å². The van der Waals surface area contributed by atoms with Crippen LogP contribution in [0.15, 0.2) is 65.7 Å². The monoisotopic (exact) mass is 374 g/mol. The molecule has 4 heteroatoms. The van der Waals surface area contributed by atoms with E-state index in [2.05, 4.69) is 43.3 Å². The maximum absolute atomic E-state index is 13.3. The maximum atomic E-state index is 13.3. The normalized spacial score (nSPS) is 34.1. The van der Waals surface area contributed by atoms with E-state index in [-0.39, 0.29) is 29.9 Å². The van der Waals surface area contributed by atoms with Gasteiger partial charge in [-0.3, -0.25) is 9.79 Å². The van der Waals surface area contributed by atoms with Gasteiger partial charge in [0, 0.05) is 24.4 Å². The minimum atomic E-state index is -0.672. The standard InChI is InChI=1S/C24H26N2O2/c1-3-26-23(27)20-15-24(26)21(25-22(28-24)18-12-8-5-9-13-18)14-19(16(20)2)17-10-6-4-7-11-17/h4-13,16,19-20,22H,3,14-15H2,1-2H3/t16-,19+,20+,22-,24+/m1/s1. The number of hydrogen-bond donors (Lipinski definition) is 0. The van der Waals surface area contributed by atoms with E-state index >= 15 is 0 Å². The van der Waals surface area contributed by atoms with E-state index in [4.69, 9.17) is 9.73 Å². The molecule has 1 saturated carbocycles. The van der Waals surface area contributed by atoms with Gasteiger partial charge in [0.2, 0.25) is 5.91 Å². The van der Waals surface area contributed by atoms with Crippen molar-refractivity contribution in [2.75, 3.05) is 6.54 Å². The molecule has 2 aromatic carbocycles. The highest BCUT2D eigenvalue weighted by molar-refractivity contribution is 6.01. The zero-order chi connectivity index (χ0) is 19.3. The number of amides is 1. The molecule has 2 aromatic rings. The third kappa shape index (κ3) is 2.47. The average Bonchev–Trinajstić information content (AvgIpc) is 3.20. The summed E-state index contributed by atoms with van der Waals surface area (Å²) in [4.78, 5) is 20.3. The van der Waals surface area contributed by atoms with Crippen LogP contribution in [-0.4, -0.2) is 28.8 Å². The van der Waals surface area contributed by atoms with Gasteiger partial charge in [-0.25, -0.2) is 0 Å². The van der Waals surface area contributed by atoms with Crippen molar-refractivity contribution in [1.29, 1.82) is 0 Å². The molecule has 2 aliphatic heterocycles. The third-order valence-electron chi connectivity index (χ3n) is 6.86. The van der Waals surface area contributed by atoms with Gasteiger partial charge in [-0.2, -0.15) is 0 Å². The fraction of sp³-hybridized carbons (Fsp3) is 0.417. The Labute approximate surface area is 166 Å². The van der Waals surface area contributed by atoms with E-state index in [9.17, 15) is 4.79 Å². The van der Waals surface area contributed by atoms with Gasteiger partial charge < -0.3 is 9.64 Å². The Kier molecular flexibility index (Phi) is 4.13. The molecule has 4 nitrogen and oxygen atoms in total. The number of aliphatic imine (C=N–C) groups is 1. The van der Waals surface area contributed by atoms with Crippen molar-refractivity contribution in [3.05, 3.63) is 71.8 Å². The first-order valence-corrected chi connectivity index (χ1v) is 10.3. The highest BCUT2D eigenvalue weighted by atomic mass is 16.6. The van der Waals surface area contributed by atoms with Crippen molar-refractivity contribution < 1.29 is 9.53 Å². The van der Waals surface area contributed by atoms with E-state index < -0.39 is 5.72 Å². The van der Waals surface area contributed by atoms with Gasteiger partial charge in [0.1, 0.15) is 0 Å². The number of rotatable bonds is 3. The summed E-state index contributed by atoms with van der Waals surface area (Å²) in [5.74, 6) is 0.743. The Morgan fingerprint density at radius 1 is 1.04 bits per heavy atom. The van der Waals surface area contributed by atoms with Gasteiger partial charge in [0.15, 0.2) is 12.0 Å². The number of benzene rings is 2. The van der Waals surface area contributed by atoms with Crippen LogP contribution in [0, 0.1) is 11.8 Å². The van der Waals surface area contributed by atoms with Gasteiger partial charge in [0.25, 0.3) is 0 Å². The zero-order valence-corrected chi connectivity index (χ0v) is 16.4. The molecule has 2 fully saturated rings. The SMILES string of the molecule is CCN1C(=O)[C@H]2C[C@@]13O[C@H](c1ccccc1)N=C3C[C@H](c1ccccc1)[C@H]2C. The maximum Gasteiger partial charge on any atom is 0.228 e. The number of ether oxygens (including phenoxy) is 1. The van der Waals surface area contributed by atoms with E-state index in [1.807, 2.05) is 36.1 Å². The summed E-state index contributed by atoms with van der Waals surface area (Å²) in [5.41, 5.74) is 2.71. The second kappa shape index (κ2) is 6.56. The van der Waals surface area contributed by atoms with E-state index in [0.29, 0.717) is 13.0 Å². The topological polar surface area (TPSA) is 41.9 Å². The molecule has 1 amide bonds. The molecule has 0 aromatic heterocycles. The summed E-state index contributed by atoms with van der Waals surface area (Å²) >= 11 is 0. The van der Waals surface area contributed by atoms with Crippen molar-refractivity contribution in [2.24, 2.45) is 16.8 Å². The molecule has 0 unspecified atom stereocenters. The van der Waals surface area contributed by atoms with Crippen LogP contribution in [0.25, 0.3) is 0 Å². The highest BCUT2D eigenvalue weighted by Crippen LogP contribution is 2.53. The van der Waals surface area contributed by atoms with Gasteiger partial charge in [-0.05, 0) is 30.7 Å². The highest BCUT2D eigenvalue weighted by Gasteiger charge is 2.62. The van der Waals surface area contributed by atoms with Crippen molar-refractivity contribution in [2.45, 2.75) is 44.6 Å². The molecular weight excluding hydrogens is 348 g/mol. The molecule has 5 atom stereocenters. The van der Waals surface area contributed by atoms with Crippen molar-refractivity contribution >= 4 is 11.6 Å². The Morgan fingerprint density at radius 3 is 2.32 bits per heavy atom. The van der Waals surface area contributed by atoms with E-state index in [0.717, 1.165) is 17.7 Å². The summed E-state index contributed by atoms with van der Waals surface area (Å²) in [6.07, 6.45) is 1.22. The van der Waals surface area contributed by atoms with Crippen LogP contribution in [0.5, 0.6) is 0 Å². The van der Waals surface area contributed by atoms with Crippen LogP contribution in [0.4, 0.5) is 0 Å². The molecule has 28 heavy (non-hydrogen) atoms. The molecule has 5 rings (SSSR count). The first-order chi connectivity index (χ1) is 13.6. The number of carbonyl (C=O) groups is 1. The lowest BCUT2D eigenvalue weighted by atomic mass is 9.78. The fourth-order valence-corrected chi connectivity index (χ4v) is 5.37. The van der Waals surface area contributed by atoms with Crippen molar-refractivity contribution in [1.82, 2.24) is 4.90 Å². The average molecular weight is 374 g/mol. The molecular formula is C24H26N2O2. The Balaban J connectivity index is 1.60. The summed E-state index contributed by atoms with van der Waals surface area (Å²) in [6.45, 7) is 4.92. The van der Waals surface area contributed by atoms with Gasteiger partial charge in [0.05, 0.1) is 5.71 Å². The predicted molar refractivity (Wildman–Crippen MR) is 109 cm³/mol.